The van der Waals surface area contributed by atoms with Crippen molar-refractivity contribution in [3.05, 3.63) is 11.9 Å². The molecule has 0 fully saturated rings. The molecule has 0 amide bonds. The van der Waals surface area contributed by atoms with E-state index in [-0.39, 0.29) is 22.4 Å². The van der Waals surface area contributed by atoms with Crippen LogP contribution in [-0.4, -0.2) is 10.3 Å². The first-order chi connectivity index (χ1) is 5.70. The van der Waals surface area contributed by atoms with Crippen LogP contribution in [0.4, 0.5) is 15.8 Å². The second-order valence-corrected chi connectivity index (χ2v) is 2.32. The van der Waals surface area contributed by atoms with Crippen molar-refractivity contribution >= 4 is 22.4 Å². The van der Waals surface area contributed by atoms with Gasteiger partial charge in [0, 0.05) is 6.07 Å². The van der Waals surface area contributed by atoms with Gasteiger partial charge in [-0.05, 0) is 10.3 Å². The molecule has 0 spiro atoms. The van der Waals surface area contributed by atoms with Gasteiger partial charge in [0.1, 0.15) is 0 Å². The zero-order valence-electron chi connectivity index (χ0n) is 5.91. The molecule has 0 saturated carbocycles. The third-order valence-electron chi connectivity index (χ3n) is 1.56. The number of rotatable bonds is 0. The Hall–Kier alpha value is -1.85. The van der Waals surface area contributed by atoms with Gasteiger partial charge in [-0.1, -0.05) is 0 Å². The Kier molecular flexibility index (Phi) is 1.18. The molecule has 0 bridgehead atoms. The molecule has 1 heterocycles. The van der Waals surface area contributed by atoms with Crippen molar-refractivity contribution in [3.8, 4) is 0 Å². The number of aromatic nitrogens is 2. The van der Waals surface area contributed by atoms with Crippen LogP contribution in [0.25, 0.3) is 11.0 Å². The molecule has 4 N–H and O–H groups in total. The molecule has 0 aliphatic rings. The number of nitrogens with zero attached hydrogens (tertiary/aromatic N) is 2. The number of nitrogen functional groups attached to an aromatic ring is 2. The van der Waals surface area contributed by atoms with Crippen molar-refractivity contribution in [2.75, 3.05) is 11.5 Å². The van der Waals surface area contributed by atoms with Crippen LogP contribution in [0.2, 0.25) is 0 Å². The van der Waals surface area contributed by atoms with Crippen LogP contribution in [0.15, 0.2) is 10.7 Å². The fourth-order valence-electron chi connectivity index (χ4n) is 0.941. The van der Waals surface area contributed by atoms with Crippen molar-refractivity contribution < 1.29 is 9.02 Å². The zero-order chi connectivity index (χ0) is 8.72. The van der Waals surface area contributed by atoms with Crippen molar-refractivity contribution in [1.29, 1.82) is 0 Å². The summed E-state index contributed by atoms with van der Waals surface area (Å²) in [5.41, 5.74) is 11.3. The molecule has 0 radical (unpaired) electrons. The Labute approximate surface area is 66.1 Å². The molecule has 1 aromatic carbocycles. The smallest absolute Gasteiger partial charge is 0.173 e. The van der Waals surface area contributed by atoms with Gasteiger partial charge in [-0.3, -0.25) is 0 Å². The summed E-state index contributed by atoms with van der Waals surface area (Å²) in [5.74, 6) is -0.585. The van der Waals surface area contributed by atoms with Gasteiger partial charge < -0.3 is 11.5 Å². The highest BCUT2D eigenvalue weighted by Gasteiger charge is 2.12. The topological polar surface area (TPSA) is 91.0 Å². The molecule has 0 aliphatic heterocycles. The number of nitrogens with two attached hydrogens (primary N) is 2. The van der Waals surface area contributed by atoms with Gasteiger partial charge in [0.05, 0.1) is 11.4 Å². The summed E-state index contributed by atoms with van der Waals surface area (Å²) in [6, 6.07) is 1.09. The molecule has 0 saturated heterocycles. The van der Waals surface area contributed by atoms with Crippen LogP contribution in [0.1, 0.15) is 0 Å². The van der Waals surface area contributed by atoms with Crippen LogP contribution in [-0.2, 0) is 0 Å². The molecule has 2 aromatic rings. The first kappa shape index (κ1) is 6.84. The van der Waals surface area contributed by atoms with E-state index in [0.29, 0.717) is 0 Å². The summed E-state index contributed by atoms with van der Waals surface area (Å²) < 4.78 is 17.3. The molecule has 6 heteroatoms. The van der Waals surface area contributed by atoms with E-state index in [0.717, 1.165) is 6.07 Å². The highest BCUT2D eigenvalue weighted by atomic mass is 19.1. The van der Waals surface area contributed by atoms with Crippen LogP contribution in [0.3, 0.4) is 0 Å². The number of halogens is 1. The van der Waals surface area contributed by atoms with E-state index in [1.54, 1.807) is 0 Å². The van der Waals surface area contributed by atoms with Crippen LogP contribution >= 0.6 is 0 Å². The Morgan fingerprint density at radius 1 is 1.25 bits per heavy atom. The number of hydrogen-bond donors (Lipinski definition) is 2. The monoisotopic (exact) mass is 168 g/mol. The lowest BCUT2D eigenvalue weighted by Gasteiger charge is -1.97. The van der Waals surface area contributed by atoms with Crippen molar-refractivity contribution in [3.63, 3.8) is 0 Å². The maximum absolute atomic E-state index is 13.0. The van der Waals surface area contributed by atoms with Gasteiger partial charge in [-0.2, -0.15) is 0 Å². The largest absolute Gasteiger partial charge is 0.397 e. The summed E-state index contributed by atoms with van der Waals surface area (Å²) in [5, 5.41) is 6.73. The minimum Gasteiger partial charge on any atom is -0.397 e. The minimum absolute atomic E-state index is 0.00157. The third kappa shape index (κ3) is 0.714. The summed E-state index contributed by atoms with van der Waals surface area (Å²) >= 11 is 0. The lowest BCUT2D eigenvalue weighted by Crippen LogP contribution is -1.96. The summed E-state index contributed by atoms with van der Waals surface area (Å²) in [7, 11) is 0. The van der Waals surface area contributed by atoms with Gasteiger partial charge in [0.25, 0.3) is 0 Å². The molecule has 0 unspecified atom stereocenters. The highest BCUT2D eigenvalue weighted by Crippen LogP contribution is 2.25. The zero-order valence-corrected chi connectivity index (χ0v) is 5.91. The van der Waals surface area contributed by atoms with Gasteiger partial charge in [-0.15, -0.1) is 0 Å². The van der Waals surface area contributed by atoms with E-state index in [1.807, 2.05) is 0 Å². The van der Waals surface area contributed by atoms with Gasteiger partial charge in [-0.25, -0.2) is 9.02 Å². The number of fused-ring (bicyclic) bond motifs is 1. The summed E-state index contributed by atoms with van der Waals surface area (Å²) in [6.45, 7) is 0. The molecule has 1 aromatic heterocycles. The summed E-state index contributed by atoms with van der Waals surface area (Å²) in [6.07, 6.45) is 0. The molecule has 62 valence electrons. The molecule has 0 aliphatic carbocycles. The Morgan fingerprint density at radius 2 is 1.92 bits per heavy atom. The van der Waals surface area contributed by atoms with E-state index >= 15 is 0 Å². The average Bonchev–Trinajstić information content (AvgIpc) is 2.48. The lowest BCUT2D eigenvalue weighted by atomic mass is 10.2. The van der Waals surface area contributed by atoms with E-state index in [2.05, 4.69) is 14.9 Å². The van der Waals surface area contributed by atoms with E-state index < -0.39 is 5.82 Å². The van der Waals surface area contributed by atoms with E-state index in [1.165, 1.54) is 0 Å². The van der Waals surface area contributed by atoms with Gasteiger partial charge in [0.2, 0.25) is 0 Å². The predicted octanol–water partition coefficient (Wildman–Crippen LogP) is 0.526. The van der Waals surface area contributed by atoms with Crippen LogP contribution in [0.5, 0.6) is 0 Å². The van der Waals surface area contributed by atoms with Gasteiger partial charge in [0.15, 0.2) is 16.9 Å². The Bertz CT molecular complexity index is 438. The second kappa shape index (κ2) is 2.07. The standard InChI is InChI=1S/C6H5FN4O/c7-2-1-3(8)4(9)6-5(2)10-12-11-6/h1H,8-9H2. The lowest BCUT2D eigenvalue weighted by molar-refractivity contribution is 0.314. The minimum atomic E-state index is -0.585. The predicted molar refractivity (Wildman–Crippen MR) is 40.6 cm³/mol. The summed E-state index contributed by atoms with van der Waals surface area (Å²) in [4.78, 5) is 0. The highest BCUT2D eigenvalue weighted by molar-refractivity contribution is 5.92. The van der Waals surface area contributed by atoms with Crippen molar-refractivity contribution in [2.45, 2.75) is 0 Å². The van der Waals surface area contributed by atoms with E-state index in [9.17, 15) is 4.39 Å². The quantitative estimate of drug-likeness (QED) is 0.559. The first-order valence-electron chi connectivity index (χ1n) is 3.16. The van der Waals surface area contributed by atoms with Crippen molar-refractivity contribution in [1.82, 2.24) is 10.3 Å². The maximum atomic E-state index is 13.0. The Balaban J connectivity index is 2.97. The van der Waals surface area contributed by atoms with Crippen LogP contribution in [0, 0.1) is 5.82 Å². The maximum Gasteiger partial charge on any atom is 0.173 e. The third-order valence-corrected chi connectivity index (χ3v) is 1.56. The fraction of sp³-hybridized carbons (Fsp3) is 0. The molecule has 12 heavy (non-hydrogen) atoms. The average molecular weight is 168 g/mol. The number of benzene rings is 1. The van der Waals surface area contributed by atoms with Crippen LogP contribution < -0.4 is 11.5 Å². The first-order valence-corrected chi connectivity index (χ1v) is 3.16. The SMILES string of the molecule is Nc1cc(F)c2nonc2c1N. The molecule has 0 atom stereocenters. The fourth-order valence-corrected chi connectivity index (χ4v) is 0.941. The number of anilines is 2. The number of hydrogen-bond acceptors (Lipinski definition) is 5. The second-order valence-electron chi connectivity index (χ2n) is 2.32. The normalized spacial score (nSPS) is 10.8. The van der Waals surface area contributed by atoms with Crippen molar-refractivity contribution in [2.24, 2.45) is 0 Å². The molecule has 5 nitrogen and oxygen atoms in total. The molecular weight excluding hydrogens is 163 g/mol. The molecular formula is C6H5FN4O. The van der Waals surface area contributed by atoms with E-state index in [4.69, 9.17) is 11.5 Å². The molecule has 2 rings (SSSR count). The Morgan fingerprint density at radius 3 is 2.67 bits per heavy atom. The van der Waals surface area contributed by atoms with Gasteiger partial charge >= 0.3 is 0 Å².